The molecule has 0 radical (unpaired) electrons. The van der Waals surface area contributed by atoms with E-state index in [0.717, 1.165) is 34.5 Å². The Morgan fingerprint density at radius 3 is 2.89 bits per heavy atom. The molecule has 0 aliphatic carbocycles. The summed E-state index contributed by atoms with van der Waals surface area (Å²) in [4.78, 5) is 2.40. The first-order valence-corrected chi connectivity index (χ1v) is 8.62. The van der Waals surface area contributed by atoms with E-state index in [1.165, 1.54) is 11.1 Å². The van der Waals surface area contributed by atoms with Gasteiger partial charge in [0.15, 0.2) is 8.29 Å². The number of rotatable bonds is 3. The van der Waals surface area contributed by atoms with Gasteiger partial charge in [-0.3, -0.25) is 4.90 Å². The van der Waals surface area contributed by atoms with E-state index < -0.39 is 0 Å². The molecule has 0 spiro atoms. The summed E-state index contributed by atoms with van der Waals surface area (Å²) in [6.07, 6.45) is 3.15. The molecule has 100 valence electrons. The van der Waals surface area contributed by atoms with Gasteiger partial charge in [-0.25, -0.2) is 4.68 Å². The van der Waals surface area contributed by atoms with Crippen molar-refractivity contribution in [2.45, 2.75) is 24.0 Å². The highest BCUT2D eigenvalue weighted by Crippen LogP contribution is 2.22. The summed E-state index contributed by atoms with van der Waals surface area (Å²) in [6.45, 7) is 2.86. The van der Waals surface area contributed by atoms with Gasteiger partial charge in [0.2, 0.25) is 0 Å². The molecule has 19 heavy (non-hydrogen) atoms. The molecule has 0 atom stereocenters. The zero-order valence-electron chi connectivity index (χ0n) is 10.7. The monoisotopic (exact) mass is 309 g/mol. The molecule has 1 aliphatic heterocycles. The van der Waals surface area contributed by atoms with E-state index in [1.54, 1.807) is 23.1 Å². The standard InChI is InChI=1S/C13H15N3S3/c1-18-12-14-16(13(17)19-12)9-15-7-6-10-4-2-3-5-11(10)8-15/h2-5H,6-9H2,1H3. The predicted molar refractivity (Wildman–Crippen MR) is 83.3 cm³/mol. The average Bonchev–Trinajstić information content (AvgIpc) is 2.79. The van der Waals surface area contributed by atoms with Crippen LogP contribution in [0.15, 0.2) is 28.6 Å². The average molecular weight is 309 g/mol. The van der Waals surface area contributed by atoms with E-state index in [1.807, 2.05) is 10.9 Å². The highest BCUT2D eigenvalue weighted by molar-refractivity contribution is 8.00. The number of thioether (sulfide) groups is 1. The molecule has 0 amide bonds. The second kappa shape index (κ2) is 5.75. The first kappa shape index (κ1) is 13.3. The van der Waals surface area contributed by atoms with Crippen LogP contribution in [0, 0.1) is 3.95 Å². The van der Waals surface area contributed by atoms with Crippen molar-refractivity contribution in [3.05, 3.63) is 39.3 Å². The van der Waals surface area contributed by atoms with Crippen molar-refractivity contribution in [2.24, 2.45) is 0 Å². The van der Waals surface area contributed by atoms with Crippen molar-refractivity contribution in [2.75, 3.05) is 12.8 Å². The van der Waals surface area contributed by atoms with Crippen LogP contribution in [-0.2, 0) is 19.6 Å². The Morgan fingerprint density at radius 1 is 1.37 bits per heavy atom. The summed E-state index contributed by atoms with van der Waals surface area (Å²) in [6, 6.07) is 8.68. The fraction of sp³-hybridized carbons (Fsp3) is 0.385. The first-order chi connectivity index (χ1) is 9.26. The van der Waals surface area contributed by atoms with Crippen LogP contribution in [0.2, 0.25) is 0 Å². The molecule has 6 heteroatoms. The number of hydrogen-bond acceptors (Lipinski definition) is 5. The quantitative estimate of drug-likeness (QED) is 0.639. The van der Waals surface area contributed by atoms with Gasteiger partial charge in [0.05, 0.1) is 6.67 Å². The Bertz CT molecular complexity index is 632. The Kier molecular flexibility index (Phi) is 4.02. The minimum atomic E-state index is 0.796. The lowest BCUT2D eigenvalue weighted by Gasteiger charge is -2.28. The molecule has 3 nitrogen and oxygen atoms in total. The normalized spacial score (nSPS) is 15.4. The van der Waals surface area contributed by atoms with Crippen LogP contribution in [0.25, 0.3) is 0 Å². The summed E-state index contributed by atoms with van der Waals surface area (Å²) < 4.78 is 3.85. The van der Waals surface area contributed by atoms with Gasteiger partial charge in [0.25, 0.3) is 0 Å². The number of benzene rings is 1. The Labute approximate surface area is 126 Å². The lowest BCUT2D eigenvalue weighted by molar-refractivity contribution is 0.188. The van der Waals surface area contributed by atoms with Crippen molar-refractivity contribution in [1.29, 1.82) is 0 Å². The Hall–Kier alpha value is -0.690. The zero-order chi connectivity index (χ0) is 13.2. The molecule has 1 aromatic carbocycles. The van der Waals surface area contributed by atoms with E-state index >= 15 is 0 Å². The molecule has 1 aromatic heterocycles. The lowest BCUT2D eigenvalue weighted by Crippen LogP contribution is -2.32. The fourth-order valence-corrected chi connectivity index (χ4v) is 4.06. The third kappa shape index (κ3) is 2.91. The lowest BCUT2D eigenvalue weighted by atomic mass is 10.0. The SMILES string of the molecule is CSc1nn(CN2CCc3ccccc3C2)c(=S)s1. The molecule has 0 N–H and O–H groups in total. The first-order valence-electron chi connectivity index (χ1n) is 6.17. The zero-order valence-corrected chi connectivity index (χ0v) is 13.2. The van der Waals surface area contributed by atoms with Gasteiger partial charge < -0.3 is 0 Å². The predicted octanol–water partition coefficient (Wildman–Crippen LogP) is 3.41. The summed E-state index contributed by atoms with van der Waals surface area (Å²) >= 11 is 8.61. The van der Waals surface area contributed by atoms with Crippen LogP contribution in [0.4, 0.5) is 0 Å². The van der Waals surface area contributed by atoms with Crippen molar-refractivity contribution >= 4 is 35.3 Å². The van der Waals surface area contributed by atoms with Crippen molar-refractivity contribution < 1.29 is 0 Å². The van der Waals surface area contributed by atoms with Crippen LogP contribution < -0.4 is 0 Å². The summed E-state index contributed by atoms with van der Waals surface area (Å²) in [7, 11) is 0. The third-order valence-electron chi connectivity index (χ3n) is 3.31. The van der Waals surface area contributed by atoms with Crippen molar-refractivity contribution in [3.8, 4) is 0 Å². The van der Waals surface area contributed by atoms with E-state index in [-0.39, 0.29) is 0 Å². The van der Waals surface area contributed by atoms with Crippen molar-refractivity contribution in [1.82, 2.24) is 14.7 Å². The topological polar surface area (TPSA) is 21.1 Å². The second-order valence-electron chi connectivity index (χ2n) is 4.55. The molecule has 0 fully saturated rings. The largest absolute Gasteiger partial charge is 0.280 e. The van der Waals surface area contributed by atoms with Gasteiger partial charge in [0, 0.05) is 13.1 Å². The Balaban J connectivity index is 1.75. The number of nitrogens with zero attached hydrogens (tertiary/aromatic N) is 3. The Morgan fingerprint density at radius 2 is 2.16 bits per heavy atom. The number of hydrogen-bond donors (Lipinski definition) is 0. The van der Waals surface area contributed by atoms with Crippen LogP contribution in [0.3, 0.4) is 0 Å². The highest BCUT2D eigenvalue weighted by atomic mass is 32.2. The molecule has 0 bridgehead atoms. The fourth-order valence-electron chi connectivity index (χ4n) is 2.32. The molecular formula is C13H15N3S3. The van der Waals surface area contributed by atoms with Crippen LogP contribution in [-0.4, -0.2) is 27.5 Å². The molecule has 0 unspecified atom stereocenters. The van der Waals surface area contributed by atoms with E-state index in [9.17, 15) is 0 Å². The molecule has 1 aliphatic rings. The minimum Gasteiger partial charge on any atom is -0.280 e. The second-order valence-corrected chi connectivity index (χ2v) is 7.23. The number of aromatic nitrogens is 2. The maximum Gasteiger partial charge on any atom is 0.181 e. The summed E-state index contributed by atoms with van der Waals surface area (Å²) in [5, 5.41) is 4.53. The van der Waals surface area contributed by atoms with E-state index in [4.69, 9.17) is 12.2 Å². The molecule has 2 aromatic rings. The maximum atomic E-state index is 5.36. The van der Waals surface area contributed by atoms with Gasteiger partial charge in [-0.2, -0.15) is 5.10 Å². The van der Waals surface area contributed by atoms with Crippen LogP contribution >= 0.6 is 35.3 Å². The molecule has 3 rings (SSSR count). The van der Waals surface area contributed by atoms with Gasteiger partial charge >= 0.3 is 0 Å². The van der Waals surface area contributed by atoms with Gasteiger partial charge in [-0.15, -0.1) is 0 Å². The van der Waals surface area contributed by atoms with Crippen LogP contribution in [0.1, 0.15) is 11.1 Å². The van der Waals surface area contributed by atoms with E-state index in [2.05, 4.69) is 34.3 Å². The minimum absolute atomic E-state index is 0.796. The summed E-state index contributed by atoms with van der Waals surface area (Å²) in [5.74, 6) is 0. The molecular weight excluding hydrogens is 294 g/mol. The van der Waals surface area contributed by atoms with Crippen molar-refractivity contribution in [3.63, 3.8) is 0 Å². The molecule has 0 saturated carbocycles. The van der Waals surface area contributed by atoms with Gasteiger partial charge in [-0.1, -0.05) is 47.4 Å². The smallest absolute Gasteiger partial charge is 0.181 e. The molecule has 0 saturated heterocycles. The van der Waals surface area contributed by atoms with Crippen LogP contribution in [0.5, 0.6) is 0 Å². The van der Waals surface area contributed by atoms with Gasteiger partial charge in [0.1, 0.15) is 0 Å². The highest BCUT2D eigenvalue weighted by Gasteiger charge is 2.16. The van der Waals surface area contributed by atoms with Gasteiger partial charge in [-0.05, 0) is 36.0 Å². The number of fused-ring (bicyclic) bond motifs is 1. The van der Waals surface area contributed by atoms with E-state index in [0.29, 0.717) is 0 Å². The third-order valence-corrected chi connectivity index (χ3v) is 5.59. The molecule has 2 heterocycles. The summed E-state index contributed by atoms with van der Waals surface area (Å²) in [5.41, 5.74) is 2.91. The maximum absolute atomic E-state index is 5.36.